The molecule has 0 spiro atoms. The van der Waals surface area contributed by atoms with Gasteiger partial charge in [-0.25, -0.2) is 0 Å². The molecule has 2 amide bonds. The standard InChI is InChI=1S/C11H13BrN2O2/c1-7(12)10(15)14-9-5-3-4-8(6-9)11(16)13-2/h3-7H,1-2H3,(H,13,16)(H,14,15). The van der Waals surface area contributed by atoms with Crippen molar-refractivity contribution >= 4 is 33.4 Å². The number of carbonyl (C=O) groups is 2. The van der Waals surface area contributed by atoms with Crippen molar-refractivity contribution in [3.63, 3.8) is 0 Å². The molecule has 1 rings (SSSR count). The Balaban J connectivity index is 2.83. The van der Waals surface area contributed by atoms with Gasteiger partial charge in [-0.05, 0) is 25.1 Å². The summed E-state index contributed by atoms with van der Waals surface area (Å²) in [5.41, 5.74) is 1.12. The fourth-order valence-electron chi connectivity index (χ4n) is 1.12. The summed E-state index contributed by atoms with van der Waals surface area (Å²) in [6.45, 7) is 1.73. The molecule has 0 fully saturated rings. The minimum atomic E-state index is -0.267. The summed E-state index contributed by atoms with van der Waals surface area (Å²) in [7, 11) is 1.56. The zero-order valence-electron chi connectivity index (χ0n) is 9.08. The average molecular weight is 285 g/mol. The molecule has 1 aromatic carbocycles. The summed E-state index contributed by atoms with van der Waals surface area (Å²) in [4.78, 5) is 22.5. The van der Waals surface area contributed by atoms with Gasteiger partial charge >= 0.3 is 0 Å². The first-order valence-corrected chi connectivity index (χ1v) is 5.73. The minimum Gasteiger partial charge on any atom is -0.355 e. The van der Waals surface area contributed by atoms with Crippen LogP contribution >= 0.6 is 15.9 Å². The number of alkyl halides is 1. The van der Waals surface area contributed by atoms with Crippen molar-refractivity contribution in [2.75, 3.05) is 12.4 Å². The lowest BCUT2D eigenvalue weighted by atomic mass is 10.2. The van der Waals surface area contributed by atoms with E-state index in [1.165, 1.54) is 0 Å². The smallest absolute Gasteiger partial charge is 0.251 e. The number of hydrogen-bond acceptors (Lipinski definition) is 2. The highest BCUT2D eigenvalue weighted by Crippen LogP contribution is 2.12. The van der Waals surface area contributed by atoms with Crippen molar-refractivity contribution in [1.82, 2.24) is 5.32 Å². The molecule has 2 N–H and O–H groups in total. The molecule has 0 bridgehead atoms. The van der Waals surface area contributed by atoms with Crippen molar-refractivity contribution in [2.24, 2.45) is 0 Å². The molecule has 86 valence electrons. The van der Waals surface area contributed by atoms with Crippen LogP contribution in [-0.2, 0) is 4.79 Å². The Hall–Kier alpha value is -1.36. The quantitative estimate of drug-likeness (QED) is 0.831. The average Bonchev–Trinajstić information content (AvgIpc) is 2.28. The number of anilines is 1. The molecule has 0 aliphatic carbocycles. The first-order valence-electron chi connectivity index (χ1n) is 4.81. The monoisotopic (exact) mass is 284 g/mol. The second kappa shape index (κ2) is 5.65. The molecule has 16 heavy (non-hydrogen) atoms. The fourth-order valence-corrected chi connectivity index (χ4v) is 1.24. The number of nitrogens with one attached hydrogen (secondary N) is 2. The van der Waals surface area contributed by atoms with E-state index >= 15 is 0 Å². The third-order valence-electron chi connectivity index (χ3n) is 1.98. The van der Waals surface area contributed by atoms with Gasteiger partial charge in [-0.1, -0.05) is 22.0 Å². The van der Waals surface area contributed by atoms with Crippen molar-refractivity contribution in [2.45, 2.75) is 11.8 Å². The number of carbonyl (C=O) groups excluding carboxylic acids is 2. The molecule has 0 aromatic heterocycles. The molecule has 5 heteroatoms. The van der Waals surface area contributed by atoms with E-state index in [0.29, 0.717) is 11.3 Å². The highest BCUT2D eigenvalue weighted by Gasteiger charge is 2.09. The zero-order valence-corrected chi connectivity index (χ0v) is 10.7. The summed E-state index contributed by atoms with van der Waals surface area (Å²) >= 11 is 3.17. The van der Waals surface area contributed by atoms with Gasteiger partial charge in [-0.3, -0.25) is 9.59 Å². The Morgan fingerprint density at radius 1 is 1.38 bits per heavy atom. The molecule has 0 saturated carbocycles. The maximum absolute atomic E-state index is 11.4. The Morgan fingerprint density at radius 2 is 2.06 bits per heavy atom. The van der Waals surface area contributed by atoms with E-state index in [1.807, 2.05) is 0 Å². The molecule has 1 aromatic rings. The first kappa shape index (κ1) is 12.7. The normalized spacial score (nSPS) is 11.7. The van der Waals surface area contributed by atoms with Crippen LogP contribution in [0.3, 0.4) is 0 Å². The van der Waals surface area contributed by atoms with Gasteiger partial charge in [0.15, 0.2) is 0 Å². The van der Waals surface area contributed by atoms with Crippen LogP contribution in [0.4, 0.5) is 5.69 Å². The lowest BCUT2D eigenvalue weighted by Crippen LogP contribution is -2.21. The second-order valence-electron chi connectivity index (χ2n) is 3.27. The van der Waals surface area contributed by atoms with Gasteiger partial charge in [0.05, 0.1) is 4.83 Å². The lowest BCUT2D eigenvalue weighted by molar-refractivity contribution is -0.115. The summed E-state index contributed by atoms with van der Waals surface area (Å²) in [5, 5.41) is 5.22. The van der Waals surface area contributed by atoms with Crippen LogP contribution in [0, 0.1) is 0 Å². The van der Waals surface area contributed by atoms with E-state index in [-0.39, 0.29) is 16.6 Å². The fraction of sp³-hybridized carbons (Fsp3) is 0.273. The molecule has 0 saturated heterocycles. The SMILES string of the molecule is CNC(=O)c1cccc(NC(=O)C(C)Br)c1. The molecule has 0 aliphatic rings. The maximum Gasteiger partial charge on any atom is 0.251 e. The van der Waals surface area contributed by atoms with E-state index in [1.54, 1.807) is 38.2 Å². The van der Waals surface area contributed by atoms with E-state index in [9.17, 15) is 9.59 Å². The molecule has 0 radical (unpaired) electrons. The Labute approximate surface area is 103 Å². The number of rotatable bonds is 3. The molecular formula is C11H13BrN2O2. The Bertz CT molecular complexity index is 405. The van der Waals surface area contributed by atoms with Gasteiger partial charge in [0.1, 0.15) is 0 Å². The van der Waals surface area contributed by atoms with Gasteiger partial charge in [-0.2, -0.15) is 0 Å². The predicted molar refractivity (Wildman–Crippen MR) is 66.9 cm³/mol. The Morgan fingerprint density at radius 3 is 2.62 bits per heavy atom. The third-order valence-corrected chi connectivity index (χ3v) is 2.40. The molecular weight excluding hydrogens is 272 g/mol. The first-order chi connectivity index (χ1) is 7.54. The number of benzene rings is 1. The highest BCUT2D eigenvalue weighted by molar-refractivity contribution is 9.10. The van der Waals surface area contributed by atoms with Crippen molar-refractivity contribution in [3.8, 4) is 0 Å². The predicted octanol–water partition coefficient (Wildman–Crippen LogP) is 1.77. The summed E-state index contributed by atoms with van der Waals surface area (Å²) in [5.74, 6) is -0.322. The molecule has 0 aliphatic heterocycles. The van der Waals surface area contributed by atoms with Crippen LogP contribution in [0.5, 0.6) is 0 Å². The summed E-state index contributed by atoms with van der Waals surface area (Å²) in [6, 6.07) is 6.77. The minimum absolute atomic E-state index is 0.144. The van der Waals surface area contributed by atoms with Crippen LogP contribution in [-0.4, -0.2) is 23.7 Å². The van der Waals surface area contributed by atoms with E-state index in [4.69, 9.17) is 0 Å². The van der Waals surface area contributed by atoms with Crippen LogP contribution < -0.4 is 10.6 Å². The number of hydrogen-bond donors (Lipinski definition) is 2. The molecule has 1 atom stereocenters. The van der Waals surface area contributed by atoms with Gasteiger partial charge in [0.2, 0.25) is 5.91 Å². The summed E-state index contributed by atoms with van der Waals surface area (Å²) in [6.07, 6.45) is 0. The van der Waals surface area contributed by atoms with Crippen molar-refractivity contribution < 1.29 is 9.59 Å². The third kappa shape index (κ3) is 3.34. The molecule has 1 unspecified atom stereocenters. The highest BCUT2D eigenvalue weighted by atomic mass is 79.9. The van der Waals surface area contributed by atoms with E-state index < -0.39 is 0 Å². The molecule has 4 nitrogen and oxygen atoms in total. The zero-order chi connectivity index (χ0) is 12.1. The van der Waals surface area contributed by atoms with E-state index in [2.05, 4.69) is 26.6 Å². The lowest BCUT2D eigenvalue weighted by Gasteiger charge is -2.07. The number of amides is 2. The second-order valence-corrected chi connectivity index (χ2v) is 4.64. The van der Waals surface area contributed by atoms with Crippen LogP contribution in [0.25, 0.3) is 0 Å². The Kier molecular flexibility index (Phi) is 4.49. The van der Waals surface area contributed by atoms with Gasteiger partial charge in [0, 0.05) is 18.3 Å². The van der Waals surface area contributed by atoms with E-state index in [0.717, 1.165) is 0 Å². The van der Waals surface area contributed by atoms with Crippen molar-refractivity contribution in [3.05, 3.63) is 29.8 Å². The topological polar surface area (TPSA) is 58.2 Å². The van der Waals surface area contributed by atoms with Crippen LogP contribution in [0.15, 0.2) is 24.3 Å². The van der Waals surface area contributed by atoms with Gasteiger partial charge in [-0.15, -0.1) is 0 Å². The number of halogens is 1. The van der Waals surface area contributed by atoms with Gasteiger partial charge < -0.3 is 10.6 Å². The van der Waals surface area contributed by atoms with Crippen molar-refractivity contribution in [1.29, 1.82) is 0 Å². The summed E-state index contributed by atoms with van der Waals surface area (Å²) < 4.78 is 0. The largest absolute Gasteiger partial charge is 0.355 e. The molecule has 0 heterocycles. The van der Waals surface area contributed by atoms with Crippen LogP contribution in [0.2, 0.25) is 0 Å². The van der Waals surface area contributed by atoms with Gasteiger partial charge in [0.25, 0.3) is 5.91 Å². The van der Waals surface area contributed by atoms with Crippen LogP contribution in [0.1, 0.15) is 17.3 Å². The maximum atomic E-state index is 11.4.